The minimum atomic E-state index is -0.310. The van der Waals surface area contributed by atoms with Crippen LogP contribution in [0.1, 0.15) is 60.3 Å². The van der Waals surface area contributed by atoms with Crippen molar-refractivity contribution in [2.24, 2.45) is 5.92 Å². The summed E-state index contributed by atoms with van der Waals surface area (Å²) in [6, 6.07) is 0. The lowest BCUT2D eigenvalue weighted by atomic mass is 9.98. The zero-order chi connectivity index (χ0) is 17.9. The Kier molecular flexibility index (Phi) is 5.41. The standard InChI is InChI=1S/C17H27N5O2/c1-6-8-12(9-7-2)15(23)20-21-11-18-14-13(16(21)24)10-19-22(14)17(3,4)5/h10-12H,6-9H2,1-5H3,(H,20,23). The third-order valence-corrected chi connectivity index (χ3v) is 4.00. The Morgan fingerprint density at radius 3 is 2.42 bits per heavy atom. The van der Waals surface area contributed by atoms with Gasteiger partial charge in [-0.15, -0.1) is 0 Å². The summed E-state index contributed by atoms with van der Waals surface area (Å²) < 4.78 is 2.88. The van der Waals surface area contributed by atoms with Crippen molar-refractivity contribution in [1.29, 1.82) is 0 Å². The molecule has 0 aliphatic carbocycles. The van der Waals surface area contributed by atoms with Crippen LogP contribution in [-0.4, -0.2) is 25.3 Å². The fourth-order valence-electron chi connectivity index (χ4n) is 2.80. The van der Waals surface area contributed by atoms with E-state index in [1.807, 2.05) is 20.8 Å². The quantitative estimate of drug-likeness (QED) is 0.881. The minimum absolute atomic E-state index is 0.0834. The van der Waals surface area contributed by atoms with Crippen LogP contribution < -0.4 is 11.0 Å². The predicted molar refractivity (Wildman–Crippen MR) is 94.5 cm³/mol. The van der Waals surface area contributed by atoms with Crippen molar-refractivity contribution in [3.8, 4) is 0 Å². The summed E-state index contributed by atoms with van der Waals surface area (Å²) in [6.07, 6.45) is 6.36. The number of carbonyl (C=O) groups excluding carboxylic acids is 1. The molecule has 0 aromatic carbocycles. The topological polar surface area (TPSA) is 81.8 Å². The van der Waals surface area contributed by atoms with Gasteiger partial charge in [-0.3, -0.25) is 15.0 Å². The number of aromatic nitrogens is 4. The Balaban J connectivity index is 2.32. The van der Waals surface area contributed by atoms with Crippen LogP contribution in [0.4, 0.5) is 0 Å². The van der Waals surface area contributed by atoms with Gasteiger partial charge in [-0.1, -0.05) is 26.7 Å². The first kappa shape index (κ1) is 18.2. The molecule has 2 rings (SSSR count). The summed E-state index contributed by atoms with van der Waals surface area (Å²) in [4.78, 5) is 29.3. The molecule has 2 heterocycles. The van der Waals surface area contributed by atoms with Crippen molar-refractivity contribution in [2.75, 3.05) is 5.43 Å². The van der Waals surface area contributed by atoms with Crippen molar-refractivity contribution in [3.63, 3.8) is 0 Å². The van der Waals surface area contributed by atoms with E-state index in [9.17, 15) is 9.59 Å². The summed E-state index contributed by atoms with van der Waals surface area (Å²) >= 11 is 0. The van der Waals surface area contributed by atoms with Crippen LogP contribution in [0, 0.1) is 5.92 Å². The largest absolute Gasteiger partial charge is 0.283 e. The molecule has 7 nitrogen and oxygen atoms in total. The van der Waals surface area contributed by atoms with Gasteiger partial charge in [0, 0.05) is 5.92 Å². The summed E-state index contributed by atoms with van der Waals surface area (Å²) in [5.74, 6) is -0.218. The molecular formula is C17H27N5O2. The highest BCUT2D eigenvalue weighted by Crippen LogP contribution is 2.18. The van der Waals surface area contributed by atoms with Crippen LogP contribution in [0.15, 0.2) is 17.3 Å². The number of hydrogen-bond donors (Lipinski definition) is 1. The van der Waals surface area contributed by atoms with E-state index in [0.29, 0.717) is 11.0 Å². The number of rotatable bonds is 6. The molecule has 0 bridgehead atoms. The second-order valence-corrected chi connectivity index (χ2v) is 7.13. The molecule has 132 valence electrons. The van der Waals surface area contributed by atoms with Gasteiger partial charge in [-0.05, 0) is 33.6 Å². The van der Waals surface area contributed by atoms with E-state index in [1.54, 1.807) is 4.68 Å². The van der Waals surface area contributed by atoms with Crippen molar-refractivity contribution in [2.45, 2.75) is 65.8 Å². The van der Waals surface area contributed by atoms with Gasteiger partial charge in [0.15, 0.2) is 5.65 Å². The van der Waals surface area contributed by atoms with E-state index < -0.39 is 0 Å². The lowest BCUT2D eigenvalue weighted by molar-refractivity contribution is -0.121. The summed E-state index contributed by atoms with van der Waals surface area (Å²) in [6.45, 7) is 10.1. The van der Waals surface area contributed by atoms with Crippen LogP contribution in [0.25, 0.3) is 11.0 Å². The summed E-state index contributed by atoms with van der Waals surface area (Å²) in [5, 5.41) is 4.67. The fourth-order valence-corrected chi connectivity index (χ4v) is 2.80. The van der Waals surface area contributed by atoms with E-state index in [0.717, 1.165) is 30.4 Å². The van der Waals surface area contributed by atoms with Crippen LogP contribution in [0.5, 0.6) is 0 Å². The highest BCUT2D eigenvalue weighted by molar-refractivity contribution is 5.86. The first-order valence-corrected chi connectivity index (χ1v) is 8.56. The van der Waals surface area contributed by atoms with Gasteiger partial charge in [0.25, 0.3) is 5.56 Å². The molecule has 0 unspecified atom stereocenters. The predicted octanol–water partition coefficient (Wildman–Crippen LogP) is 2.63. The maximum Gasteiger partial charge on any atom is 0.283 e. The number of nitrogens with one attached hydrogen (secondary N) is 1. The van der Waals surface area contributed by atoms with E-state index in [-0.39, 0.29) is 22.9 Å². The SMILES string of the molecule is CCCC(CCC)C(=O)Nn1cnc2c(cnn2C(C)(C)C)c1=O. The molecule has 0 radical (unpaired) electrons. The molecule has 0 fully saturated rings. The smallest absolute Gasteiger partial charge is 0.273 e. The van der Waals surface area contributed by atoms with E-state index in [2.05, 4.69) is 29.4 Å². The van der Waals surface area contributed by atoms with Crippen LogP contribution in [0.2, 0.25) is 0 Å². The third-order valence-electron chi connectivity index (χ3n) is 4.00. The van der Waals surface area contributed by atoms with Gasteiger partial charge in [0.2, 0.25) is 5.91 Å². The Labute approximate surface area is 142 Å². The van der Waals surface area contributed by atoms with Crippen LogP contribution >= 0.6 is 0 Å². The average molecular weight is 333 g/mol. The third kappa shape index (κ3) is 3.66. The molecule has 0 spiro atoms. The molecule has 24 heavy (non-hydrogen) atoms. The van der Waals surface area contributed by atoms with E-state index in [1.165, 1.54) is 12.5 Å². The molecule has 1 N–H and O–H groups in total. The molecular weight excluding hydrogens is 306 g/mol. The van der Waals surface area contributed by atoms with E-state index >= 15 is 0 Å². The van der Waals surface area contributed by atoms with Crippen molar-refractivity contribution >= 4 is 16.9 Å². The molecule has 0 saturated carbocycles. The number of hydrogen-bond acceptors (Lipinski definition) is 4. The fraction of sp³-hybridized carbons (Fsp3) is 0.647. The van der Waals surface area contributed by atoms with Gasteiger partial charge in [0.1, 0.15) is 11.7 Å². The Hall–Kier alpha value is -2.18. The van der Waals surface area contributed by atoms with Gasteiger partial charge in [-0.2, -0.15) is 5.10 Å². The number of carbonyl (C=O) groups is 1. The highest BCUT2D eigenvalue weighted by Gasteiger charge is 2.21. The molecule has 2 aromatic heterocycles. The molecule has 7 heteroatoms. The number of nitrogens with zero attached hydrogens (tertiary/aromatic N) is 4. The summed E-state index contributed by atoms with van der Waals surface area (Å²) in [5.41, 5.74) is 2.63. The second kappa shape index (κ2) is 7.15. The lowest BCUT2D eigenvalue weighted by Gasteiger charge is -2.20. The Bertz CT molecular complexity index is 763. The maximum absolute atomic E-state index is 12.6. The molecule has 2 aromatic rings. The Morgan fingerprint density at radius 1 is 1.25 bits per heavy atom. The normalized spacial score (nSPS) is 12.1. The minimum Gasteiger partial charge on any atom is -0.273 e. The molecule has 0 aliphatic heterocycles. The van der Waals surface area contributed by atoms with Gasteiger partial charge < -0.3 is 0 Å². The van der Waals surface area contributed by atoms with E-state index in [4.69, 9.17) is 0 Å². The maximum atomic E-state index is 12.6. The second-order valence-electron chi connectivity index (χ2n) is 7.13. The zero-order valence-electron chi connectivity index (χ0n) is 15.2. The lowest BCUT2D eigenvalue weighted by Crippen LogP contribution is -2.36. The number of amides is 1. The number of fused-ring (bicyclic) bond motifs is 1. The van der Waals surface area contributed by atoms with Gasteiger partial charge in [-0.25, -0.2) is 14.3 Å². The average Bonchev–Trinajstić information content (AvgIpc) is 2.94. The van der Waals surface area contributed by atoms with Crippen molar-refractivity contribution in [3.05, 3.63) is 22.9 Å². The first-order valence-electron chi connectivity index (χ1n) is 8.56. The van der Waals surface area contributed by atoms with Gasteiger partial charge >= 0.3 is 0 Å². The zero-order valence-corrected chi connectivity index (χ0v) is 15.2. The van der Waals surface area contributed by atoms with Crippen molar-refractivity contribution in [1.82, 2.24) is 19.4 Å². The first-order chi connectivity index (χ1) is 11.3. The highest BCUT2D eigenvalue weighted by atomic mass is 16.2. The van der Waals surface area contributed by atoms with Crippen molar-refractivity contribution < 1.29 is 4.79 Å². The monoisotopic (exact) mass is 333 g/mol. The molecule has 0 atom stereocenters. The van der Waals surface area contributed by atoms with Crippen LogP contribution in [-0.2, 0) is 10.3 Å². The van der Waals surface area contributed by atoms with Gasteiger partial charge in [0.05, 0.1) is 11.7 Å². The molecule has 1 amide bonds. The molecule has 0 aliphatic rings. The molecule has 0 saturated heterocycles. The Morgan fingerprint density at radius 2 is 1.88 bits per heavy atom. The van der Waals surface area contributed by atoms with Crippen LogP contribution in [0.3, 0.4) is 0 Å². The summed E-state index contributed by atoms with van der Waals surface area (Å²) in [7, 11) is 0.